The predicted octanol–water partition coefficient (Wildman–Crippen LogP) is 4.89. The van der Waals surface area contributed by atoms with E-state index in [9.17, 15) is 4.21 Å². The summed E-state index contributed by atoms with van der Waals surface area (Å²) in [7, 11) is -0.665. The molecule has 0 bridgehead atoms. The highest BCUT2D eigenvalue weighted by molar-refractivity contribution is 7.85. The first-order valence-electron chi connectivity index (χ1n) is 7.22. The highest BCUT2D eigenvalue weighted by atomic mass is 35.5. The van der Waals surface area contributed by atoms with Crippen molar-refractivity contribution in [2.45, 2.75) is 71.1 Å². The summed E-state index contributed by atoms with van der Waals surface area (Å²) >= 11 is 5.54. The molecule has 1 unspecified atom stereocenters. The van der Waals surface area contributed by atoms with Gasteiger partial charge in [0.1, 0.15) is 0 Å². The van der Waals surface area contributed by atoms with Crippen LogP contribution in [-0.4, -0.2) is 21.6 Å². The minimum Gasteiger partial charge on any atom is -0.260 e. The molecule has 0 rings (SSSR count). The molecule has 17 heavy (non-hydrogen) atoms. The van der Waals surface area contributed by atoms with E-state index in [0.29, 0.717) is 11.6 Å². The highest BCUT2D eigenvalue weighted by Gasteiger charge is 1.98. The van der Waals surface area contributed by atoms with Crippen molar-refractivity contribution in [3.63, 3.8) is 0 Å². The van der Waals surface area contributed by atoms with Crippen LogP contribution in [0.2, 0.25) is 0 Å². The summed E-state index contributed by atoms with van der Waals surface area (Å²) in [6.07, 6.45) is 13.3. The van der Waals surface area contributed by atoms with Gasteiger partial charge in [-0.15, -0.1) is 11.6 Å². The number of alkyl halides is 1. The lowest BCUT2D eigenvalue weighted by molar-refractivity contribution is 0.562. The third kappa shape index (κ3) is 14.4. The third-order valence-corrected chi connectivity index (χ3v) is 4.85. The van der Waals surface area contributed by atoms with Gasteiger partial charge >= 0.3 is 0 Å². The van der Waals surface area contributed by atoms with Crippen LogP contribution in [0.1, 0.15) is 71.1 Å². The predicted molar refractivity (Wildman–Crippen MR) is 80.4 cm³/mol. The maximum atomic E-state index is 11.3. The lowest BCUT2D eigenvalue weighted by Gasteiger charge is -2.02. The zero-order chi connectivity index (χ0) is 12.8. The minimum absolute atomic E-state index is 0.532. The van der Waals surface area contributed by atoms with Crippen molar-refractivity contribution in [3.05, 3.63) is 0 Å². The topological polar surface area (TPSA) is 17.1 Å². The molecule has 1 atom stereocenters. The van der Waals surface area contributed by atoms with Crippen LogP contribution in [0.5, 0.6) is 0 Å². The Morgan fingerprint density at radius 2 is 1.24 bits per heavy atom. The fourth-order valence-electron chi connectivity index (χ4n) is 1.94. The Bertz CT molecular complexity index is 174. The van der Waals surface area contributed by atoms with Crippen molar-refractivity contribution in [3.8, 4) is 0 Å². The fraction of sp³-hybridized carbons (Fsp3) is 1.00. The molecule has 3 heteroatoms. The fourth-order valence-corrected chi connectivity index (χ4v) is 3.36. The van der Waals surface area contributed by atoms with Crippen LogP contribution >= 0.6 is 11.6 Å². The standard InChI is InChI=1S/C14H29ClOS/c1-2-3-4-5-6-7-8-9-10-11-13-17(16)14-12-15/h2-14H2,1H3. The van der Waals surface area contributed by atoms with Gasteiger partial charge in [0.05, 0.1) is 0 Å². The second-order valence-corrected chi connectivity index (χ2v) is 6.79. The molecule has 0 aliphatic carbocycles. The van der Waals surface area contributed by atoms with E-state index in [1.165, 1.54) is 57.8 Å². The van der Waals surface area contributed by atoms with Crippen LogP contribution in [0, 0.1) is 0 Å². The average Bonchev–Trinajstić information content (AvgIpc) is 2.32. The normalized spacial score (nSPS) is 12.8. The molecule has 0 radical (unpaired) electrons. The van der Waals surface area contributed by atoms with Gasteiger partial charge in [0, 0.05) is 28.2 Å². The minimum atomic E-state index is -0.665. The van der Waals surface area contributed by atoms with E-state index in [1.807, 2.05) is 0 Å². The Hall–Kier alpha value is 0.440. The van der Waals surface area contributed by atoms with Crippen LogP contribution < -0.4 is 0 Å². The van der Waals surface area contributed by atoms with Gasteiger partial charge in [-0.25, -0.2) is 0 Å². The molecule has 0 aliphatic heterocycles. The van der Waals surface area contributed by atoms with Crippen LogP contribution in [0.3, 0.4) is 0 Å². The second kappa shape index (κ2) is 14.5. The molecule has 0 fully saturated rings. The van der Waals surface area contributed by atoms with Crippen LogP contribution in [0.15, 0.2) is 0 Å². The summed E-state index contributed by atoms with van der Waals surface area (Å²) in [5, 5.41) is 0. The average molecular weight is 281 g/mol. The van der Waals surface area contributed by atoms with Gasteiger partial charge in [0.15, 0.2) is 0 Å². The second-order valence-electron chi connectivity index (χ2n) is 4.72. The summed E-state index contributed by atoms with van der Waals surface area (Å²) in [6.45, 7) is 2.26. The molecule has 104 valence electrons. The summed E-state index contributed by atoms with van der Waals surface area (Å²) in [6, 6.07) is 0. The number of hydrogen-bond donors (Lipinski definition) is 0. The molecule has 0 aliphatic rings. The van der Waals surface area contributed by atoms with Crippen molar-refractivity contribution in [1.29, 1.82) is 0 Å². The Kier molecular flexibility index (Phi) is 14.9. The maximum Gasteiger partial charge on any atom is 0.0370 e. The highest BCUT2D eigenvalue weighted by Crippen LogP contribution is 2.10. The Morgan fingerprint density at radius 3 is 1.71 bits per heavy atom. The molecule has 0 N–H and O–H groups in total. The lowest BCUT2D eigenvalue weighted by Crippen LogP contribution is -2.03. The Morgan fingerprint density at radius 1 is 0.765 bits per heavy atom. The Balaban J connectivity index is 3.01. The van der Waals surface area contributed by atoms with Gasteiger partial charge in [-0.1, -0.05) is 64.7 Å². The van der Waals surface area contributed by atoms with E-state index in [4.69, 9.17) is 11.6 Å². The molecular formula is C14H29ClOS. The lowest BCUT2D eigenvalue weighted by atomic mass is 10.1. The monoisotopic (exact) mass is 280 g/mol. The summed E-state index contributed by atoms with van der Waals surface area (Å²) in [4.78, 5) is 0. The van der Waals surface area contributed by atoms with E-state index in [-0.39, 0.29) is 0 Å². The molecule has 0 aromatic carbocycles. The van der Waals surface area contributed by atoms with E-state index in [1.54, 1.807) is 0 Å². The van der Waals surface area contributed by atoms with Crippen molar-refractivity contribution in [2.75, 3.05) is 17.4 Å². The van der Waals surface area contributed by atoms with Crippen LogP contribution in [0.25, 0.3) is 0 Å². The number of halogens is 1. The Labute approximate surface area is 115 Å². The van der Waals surface area contributed by atoms with Gasteiger partial charge in [-0.3, -0.25) is 4.21 Å². The molecule has 0 amide bonds. The SMILES string of the molecule is CCCCCCCCCCCCS(=O)CCCl. The molecule has 0 aromatic heterocycles. The van der Waals surface area contributed by atoms with Gasteiger partial charge in [0.2, 0.25) is 0 Å². The quantitative estimate of drug-likeness (QED) is 0.347. The van der Waals surface area contributed by atoms with Crippen molar-refractivity contribution in [2.24, 2.45) is 0 Å². The van der Waals surface area contributed by atoms with Crippen LogP contribution in [-0.2, 0) is 10.8 Å². The van der Waals surface area contributed by atoms with Gasteiger partial charge < -0.3 is 0 Å². The third-order valence-electron chi connectivity index (χ3n) is 3.03. The van der Waals surface area contributed by atoms with Crippen molar-refractivity contribution >= 4 is 22.4 Å². The van der Waals surface area contributed by atoms with Gasteiger partial charge in [-0.05, 0) is 6.42 Å². The smallest absolute Gasteiger partial charge is 0.0370 e. The zero-order valence-corrected chi connectivity index (χ0v) is 13.0. The maximum absolute atomic E-state index is 11.3. The molecule has 0 spiro atoms. The molecule has 1 nitrogen and oxygen atoms in total. The number of rotatable bonds is 13. The molecule has 0 saturated carbocycles. The van der Waals surface area contributed by atoms with Crippen molar-refractivity contribution in [1.82, 2.24) is 0 Å². The zero-order valence-electron chi connectivity index (χ0n) is 11.4. The van der Waals surface area contributed by atoms with Crippen LogP contribution in [0.4, 0.5) is 0 Å². The molecule has 0 saturated heterocycles. The van der Waals surface area contributed by atoms with Gasteiger partial charge in [0.25, 0.3) is 0 Å². The molecule has 0 heterocycles. The number of hydrogen-bond acceptors (Lipinski definition) is 1. The first kappa shape index (κ1) is 17.4. The van der Waals surface area contributed by atoms with E-state index >= 15 is 0 Å². The summed E-state index contributed by atoms with van der Waals surface area (Å²) in [5.41, 5.74) is 0. The first-order valence-corrected chi connectivity index (χ1v) is 9.24. The number of unbranched alkanes of at least 4 members (excludes halogenated alkanes) is 9. The molecule has 0 aromatic rings. The van der Waals surface area contributed by atoms with Crippen molar-refractivity contribution < 1.29 is 4.21 Å². The summed E-state index contributed by atoms with van der Waals surface area (Å²) < 4.78 is 11.3. The first-order chi connectivity index (χ1) is 8.31. The van der Waals surface area contributed by atoms with E-state index in [0.717, 1.165) is 12.2 Å². The summed E-state index contributed by atoms with van der Waals surface area (Å²) in [5.74, 6) is 2.05. The van der Waals surface area contributed by atoms with Gasteiger partial charge in [-0.2, -0.15) is 0 Å². The largest absolute Gasteiger partial charge is 0.260 e. The van der Waals surface area contributed by atoms with E-state index in [2.05, 4.69) is 6.92 Å². The molecular weight excluding hydrogens is 252 g/mol. The van der Waals surface area contributed by atoms with E-state index < -0.39 is 10.8 Å².